The van der Waals surface area contributed by atoms with Crippen molar-refractivity contribution < 1.29 is 18.3 Å². The number of aromatic carboxylic acids is 1. The van der Waals surface area contributed by atoms with E-state index in [-0.39, 0.29) is 16.2 Å². The van der Waals surface area contributed by atoms with Gasteiger partial charge in [0.2, 0.25) is 0 Å². The Morgan fingerprint density at radius 1 is 1.20 bits per heavy atom. The van der Waals surface area contributed by atoms with Gasteiger partial charge in [-0.2, -0.15) is 0 Å². The van der Waals surface area contributed by atoms with E-state index in [1.807, 2.05) is 0 Å². The number of aromatic nitrogens is 1. The van der Waals surface area contributed by atoms with Gasteiger partial charge in [0.05, 0.1) is 21.9 Å². The number of pyridine rings is 1. The van der Waals surface area contributed by atoms with Gasteiger partial charge in [0.1, 0.15) is 0 Å². The maximum absolute atomic E-state index is 12.3. The summed E-state index contributed by atoms with van der Waals surface area (Å²) >= 11 is 3.20. The van der Waals surface area contributed by atoms with Crippen LogP contribution in [0.1, 0.15) is 16.1 Å². The molecule has 1 aromatic carbocycles. The molecule has 0 saturated carbocycles. The molecule has 0 aliphatic rings. The number of carboxylic acids is 1. The number of rotatable bonds is 4. The molecular formula is C13H10BrNO4S. The summed E-state index contributed by atoms with van der Waals surface area (Å²) in [6, 6.07) is 9.25. The maximum atomic E-state index is 12.3. The van der Waals surface area contributed by atoms with Crippen molar-refractivity contribution in [2.24, 2.45) is 0 Å². The van der Waals surface area contributed by atoms with Crippen LogP contribution in [0.2, 0.25) is 0 Å². The molecule has 1 N–H and O–H groups in total. The molecule has 5 nitrogen and oxygen atoms in total. The first-order valence-electron chi connectivity index (χ1n) is 5.55. The second-order valence-corrected chi connectivity index (χ2v) is 6.85. The molecule has 0 bridgehead atoms. The van der Waals surface area contributed by atoms with E-state index in [9.17, 15) is 13.2 Å². The van der Waals surface area contributed by atoms with E-state index in [0.29, 0.717) is 10.2 Å². The Morgan fingerprint density at radius 3 is 2.45 bits per heavy atom. The average molecular weight is 356 g/mol. The molecule has 0 saturated heterocycles. The van der Waals surface area contributed by atoms with Gasteiger partial charge in [-0.1, -0.05) is 12.1 Å². The maximum Gasteiger partial charge on any atom is 0.337 e. The zero-order chi connectivity index (χ0) is 14.8. The van der Waals surface area contributed by atoms with Crippen LogP contribution in [-0.4, -0.2) is 24.5 Å². The van der Waals surface area contributed by atoms with Gasteiger partial charge in [0, 0.05) is 10.7 Å². The second-order valence-electron chi connectivity index (χ2n) is 4.03. The molecular weight excluding hydrogens is 346 g/mol. The van der Waals surface area contributed by atoms with Gasteiger partial charge in [0.15, 0.2) is 9.84 Å². The van der Waals surface area contributed by atoms with E-state index in [0.717, 1.165) is 6.20 Å². The van der Waals surface area contributed by atoms with Crippen LogP contribution in [-0.2, 0) is 15.6 Å². The van der Waals surface area contributed by atoms with Gasteiger partial charge in [-0.15, -0.1) is 0 Å². The molecule has 1 aromatic heterocycles. The summed E-state index contributed by atoms with van der Waals surface area (Å²) in [5.74, 6) is -1.38. The molecule has 2 rings (SSSR count). The van der Waals surface area contributed by atoms with Gasteiger partial charge in [-0.05, 0) is 40.2 Å². The molecule has 0 atom stereocenters. The van der Waals surface area contributed by atoms with Crippen molar-refractivity contribution in [2.75, 3.05) is 0 Å². The Bertz CT molecular complexity index is 741. The lowest BCUT2D eigenvalue weighted by atomic mass is 10.2. The lowest BCUT2D eigenvalue weighted by Crippen LogP contribution is -2.08. The largest absolute Gasteiger partial charge is 0.478 e. The number of halogens is 1. The second kappa shape index (κ2) is 5.72. The molecule has 0 aliphatic heterocycles. The molecule has 104 valence electrons. The number of hydrogen-bond donors (Lipinski definition) is 1. The van der Waals surface area contributed by atoms with E-state index in [2.05, 4.69) is 20.9 Å². The molecule has 2 aromatic rings. The van der Waals surface area contributed by atoms with Crippen LogP contribution >= 0.6 is 15.9 Å². The van der Waals surface area contributed by atoms with Crippen molar-refractivity contribution >= 4 is 31.7 Å². The molecule has 0 amide bonds. The topological polar surface area (TPSA) is 84.3 Å². The highest BCUT2D eigenvalue weighted by Gasteiger charge is 2.19. The van der Waals surface area contributed by atoms with Crippen molar-refractivity contribution in [3.05, 3.63) is 58.3 Å². The number of carbonyl (C=O) groups is 1. The molecule has 0 radical (unpaired) electrons. The van der Waals surface area contributed by atoms with Crippen molar-refractivity contribution in [1.29, 1.82) is 0 Å². The van der Waals surface area contributed by atoms with Gasteiger partial charge < -0.3 is 5.11 Å². The summed E-state index contributed by atoms with van der Waals surface area (Å²) in [5, 5.41) is 8.76. The third-order valence-corrected chi connectivity index (χ3v) is 5.24. The minimum Gasteiger partial charge on any atom is -0.478 e. The first-order chi connectivity index (χ1) is 9.40. The van der Waals surface area contributed by atoms with Crippen molar-refractivity contribution in [2.45, 2.75) is 10.6 Å². The Morgan fingerprint density at radius 2 is 1.90 bits per heavy atom. The lowest BCUT2D eigenvalue weighted by Gasteiger charge is -2.06. The smallest absolute Gasteiger partial charge is 0.337 e. The summed E-state index contributed by atoms with van der Waals surface area (Å²) in [5.41, 5.74) is 0.317. The summed E-state index contributed by atoms with van der Waals surface area (Å²) in [4.78, 5) is 14.7. The van der Waals surface area contributed by atoms with Crippen molar-refractivity contribution in [3.8, 4) is 0 Å². The van der Waals surface area contributed by atoms with Crippen LogP contribution in [0.5, 0.6) is 0 Å². The molecule has 7 heteroatoms. The molecule has 20 heavy (non-hydrogen) atoms. The molecule has 0 unspecified atom stereocenters. The monoisotopic (exact) mass is 355 g/mol. The van der Waals surface area contributed by atoms with Crippen LogP contribution < -0.4 is 0 Å². The van der Waals surface area contributed by atoms with E-state index >= 15 is 0 Å². The van der Waals surface area contributed by atoms with Gasteiger partial charge in [-0.25, -0.2) is 13.2 Å². The van der Waals surface area contributed by atoms with Crippen molar-refractivity contribution in [3.63, 3.8) is 0 Å². The fraction of sp³-hybridized carbons (Fsp3) is 0.0769. The number of benzene rings is 1. The standard InChI is InChI=1S/C13H10BrNO4S/c14-11-3-1-2-4-12(11)20(18,19)8-10-6-5-9(7-15-10)13(16)17/h1-7H,8H2,(H,16,17). The Kier molecular flexibility index (Phi) is 4.20. The fourth-order valence-corrected chi connectivity index (χ4v) is 4.00. The predicted octanol–water partition coefficient (Wildman–Crippen LogP) is 2.52. The fourth-order valence-electron chi connectivity index (χ4n) is 1.61. The summed E-state index contributed by atoms with van der Waals surface area (Å²) in [6.45, 7) is 0. The first kappa shape index (κ1) is 14.7. The highest BCUT2D eigenvalue weighted by atomic mass is 79.9. The molecule has 0 spiro atoms. The quantitative estimate of drug-likeness (QED) is 0.910. The van der Waals surface area contributed by atoms with E-state index < -0.39 is 15.8 Å². The third kappa shape index (κ3) is 3.23. The minimum atomic E-state index is -3.53. The number of hydrogen-bond acceptors (Lipinski definition) is 4. The zero-order valence-corrected chi connectivity index (χ0v) is 12.6. The van der Waals surface area contributed by atoms with Gasteiger partial charge >= 0.3 is 5.97 Å². The normalized spacial score (nSPS) is 11.2. The Hall–Kier alpha value is -1.73. The van der Waals surface area contributed by atoms with Crippen LogP contribution in [0.3, 0.4) is 0 Å². The zero-order valence-electron chi connectivity index (χ0n) is 10.2. The number of sulfone groups is 1. The summed E-state index contributed by atoms with van der Waals surface area (Å²) < 4.78 is 25.0. The summed E-state index contributed by atoms with van der Waals surface area (Å²) in [6.07, 6.45) is 1.15. The van der Waals surface area contributed by atoms with Gasteiger partial charge in [-0.3, -0.25) is 4.98 Å². The lowest BCUT2D eigenvalue weighted by molar-refractivity contribution is 0.0696. The number of nitrogens with zero attached hydrogens (tertiary/aromatic N) is 1. The highest BCUT2D eigenvalue weighted by Crippen LogP contribution is 2.24. The van der Waals surface area contributed by atoms with Crippen LogP contribution in [0.25, 0.3) is 0 Å². The van der Waals surface area contributed by atoms with Crippen LogP contribution in [0.4, 0.5) is 0 Å². The Labute approximate surface area is 124 Å². The number of carboxylic acid groups (broad SMARTS) is 1. The predicted molar refractivity (Wildman–Crippen MR) is 76.2 cm³/mol. The Balaban J connectivity index is 2.29. The minimum absolute atomic E-state index is 0.0204. The van der Waals surface area contributed by atoms with Crippen LogP contribution in [0, 0.1) is 0 Å². The molecule has 0 fully saturated rings. The molecule has 0 aliphatic carbocycles. The van der Waals surface area contributed by atoms with E-state index in [1.165, 1.54) is 18.2 Å². The van der Waals surface area contributed by atoms with E-state index in [4.69, 9.17) is 5.11 Å². The molecule has 1 heterocycles. The average Bonchev–Trinajstić information content (AvgIpc) is 2.39. The SMILES string of the molecule is O=C(O)c1ccc(CS(=O)(=O)c2ccccc2Br)nc1. The van der Waals surface area contributed by atoms with Crippen molar-refractivity contribution in [1.82, 2.24) is 4.98 Å². The summed E-state index contributed by atoms with van der Waals surface area (Å²) in [7, 11) is -3.53. The first-order valence-corrected chi connectivity index (χ1v) is 8.00. The third-order valence-electron chi connectivity index (χ3n) is 2.58. The van der Waals surface area contributed by atoms with Gasteiger partial charge in [0.25, 0.3) is 0 Å². The highest BCUT2D eigenvalue weighted by molar-refractivity contribution is 9.10. The van der Waals surface area contributed by atoms with E-state index in [1.54, 1.807) is 18.2 Å². The van der Waals surface area contributed by atoms with Crippen LogP contribution in [0.15, 0.2) is 52.0 Å².